The van der Waals surface area contributed by atoms with Gasteiger partial charge in [0.05, 0.1) is 5.66 Å². The van der Waals surface area contributed by atoms with Crippen LogP contribution in [0.25, 0.3) is 10.8 Å². The summed E-state index contributed by atoms with van der Waals surface area (Å²) < 4.78 is 0. The van der Waals surface area contributed by atoms with Crippen LogP contribution in [-0.4, -0.2) is 40.5 Å². The van der Waals surface area contributed by atoms with Crippen LogP contribution >= 0.6 is 0 Å². The Kier molecular flexibility index (Phi) is 4.80. The van der Waals surface area contributed by atoms with Crippen LogP contribution in [0.5, 0.6) is 0 Å². The van der Waals surface area contributed by atoms with E-state index in [0.717, 1.165) is 51.6 Å². The topological polar surface area (TPSA) is 102 Å². The van der Waals surface area contributed by atoms with Crippen LogP contribution in [0.15, 0.2) is 121 Å². The van der Waals surface area contributed by atoms with E-state index in [2.05, 4.69) is 83.3 Å². The van der Waals surface area contributed by atoms with Crippen molar-refractivity contribution in [3.63, 3.8) is 0 Å². The first kappa shape index (κ1) is 23.2. The molecule has 4 aliphatic heterocycles. The summed E-state index contributed by atoms with van der Waals surface area (Å²) in [5.74, 6) is 2.50. The minimum absolute atomic E-state index is 0.166. The molecule has 9 rings (SSSR count). The summed E-state index contributed by atoms with van der Waals surface area (Å²) in [6, 6.07) is 16.5. The number of H-pyrrole nitrogens is 1. The highest BCUT2D eigenvalue weighted by atomic mass is 15.3. The van der Waals surface area contributed by atoms with Gasteiger partial charge in [0, 0.05) is 39.3 Å². The maximum absolute atomic E-state index is 5.26. The van der Waals surface area contributed by atoms with Crippen molar-refractivity contribution in [2.45, 2.75) is 37.8 Å². The second kappa shape index (κ2) is 8.49. The zero-order chi connectivity index (χ0) is 27.1. The van der Waals surface area contributed by atoms with E-state index in [1.165, 1.54) is 11.1 Å². The first-order chi connectivity index (χ1) is 20.1. The number of hydrogen-bond acceptors (Lipinski definition) is 7. The molecular formula is C33H28N8. The van der Waals surface area contributed by atoms with Gasteiger partial charge in [-0.25, -0.2) is 25.0 Å². The number of nitrogens with zero attached hydrogens (tertiary/aromatic N) is 5. The lowest BCUT2D eigenvalue weighted by Crippen LogP contribution is -2.58. The number of amidine groups is 3. The predicted octanol–water partition coefficient (Wildman–Crippen LogP) is 3.61. The van der Waals surface area contributed by atoms with E-state index < -0.39 is 5.66 Å². The molecule has 0 amide bonds. The monoisotopic (exact) mass is 536 g/mol. The van der Waals surface area contributed by atoms with E-state index in [1.807, 2.05) is 24.3 Å². The predicted molar refractivity (Wildman–Crippen MR) is 160 cm³/mol. The highest BCUT2D eigenvalue weighted by Crippen LogP contribution is 2.41. The fourth-order valence-corrected chi connectivity index (χ4v) is 7.14. The van der Waals surface area contributed by atoms with Gasteiger partial charge in [0.25, 0.3) is 0 Å². The summed E-state index contributed by atoms with van der Waals surface area (Å²) in [6.07, 6.45) is 14.8. The minimum atomic E-state index is -0.452. The highest BCUT2D eigenvalue weighted by Gasteiger charge is 2.51. The van der Waals surface area contributed by atoms with Gasteiger partial charge < -0.3 is 4.98 Å². The Morgan fingerprint density at radius 2 is 1.51 bits per heavy atom. The number of fused-ring (bicyclic) bond motifs is 17. The summed E-state index contributed by atoms with van der Waals surface area (Å²) in [5, 5.41) is 9.78. The molecule has 0 radical (unpaired) electrons. The van der Waals surface area contributed by atoms with Crippen LogP contribution in [0.3, 0.4) is 0 Å². The minimum Gasteiger partial charge on any atom is -0.324 e. The third-order valence-corrected chi connectivity index (χ3v) is 9.11. The standard InChI is InChI=1S/C33H28N8/c1-33-25-17-9-8-16-24(25)32(41-33)39-29-21-13-5-4-12-20(21)28(36-29)35-26-18-10-2-3-11-19(18)27(34-26)37-30-22-14-6-7-15-23(22)31(38-30)40-33/h2-5,7-13,15-17,24-25,31-32,40-41H,6,14H2,1H3,(H,34,35,36,37,38,39). The normalized spacial score (nSPS) is 33.6. The average molecular weight is 537 g/mol. The first-order valence-corrected chi connectivity index (χ1v) is 14.3. The molecule has 5 atom stereocenters. The van der Waals surface area contributed by atoms with Gasteiger partial charge in [0.1, 0.15) is 23.3 Å². The molecule has 5 heterocycles. The molecule has 3 aromatic rings. The van der Waals surface area contributed by atoms with E-state index in [1.54, 1.807) is 0 Å². The Morgan fingerprint density at radius 3 is 2.34 bits per heavy atom. The number of benzene rings is 2. The molecular weight excluding hydrogens is 508 g/mol. The van der Waals surface area contributed by atoms with E-state index in [4.69, 9.17) is 25.0 Å². The number of rotatable bonds is 0. The summed E-state index contributed by atoms with van der Waals surface area (Å²) in [6.45, 7) is 2.23. The molecule has 8 nitrogen and oxygen atoms in total. The molecule has 8 heteroatoms. The number of nitrogens with one attached hydrogen (secondary N) is 3. The van der Waals surface area contributed by atoms with Crippen molar-refractivity contribution >= 4 is 28.3 Å². The van der Waals surface area contributed by atoms with Gasteiger partial charge in [-0.1, -0.05) is 85.0 Å². The molecule has 1 saturated heterocycles. The maximum Gasteiger partial charge on any atom is 0.164 e. The fraction of sp³-hybridized carbons (Fsp3) is 0.242. The van der Waals surface area contributed by atoms with Crippen molar-refractivity contribution in [1.29, 1.82) is 0 Å². The highest BCUT2D eigenvalue weighted by molar-refractivity contribution is 6.22. The van der Waals surface area contributed by atoms with Crippen LogP contribution in [0.4, 0.5) is 0 Å². The largest absolute Gasteiger partial charge is 0.324 e. The third-order valence-electron chi connectivity index (χ3n) is 9.11. The summed E-state index contributed by atoms with van der Waals surface area (Å²) in [4.78, 5) is 29.2. The Hall–Kier alpha value is -4.53. The van der Waals surface area contributed by atoms with E-state index >= 15 is 0 Å². The Bertz CT molecular complexity index is 2000. The molecule has 1 aromatic heterocycles. The molecule has 5 unspecified atom stereocenters. The molecule has 41 heavy (non-hydrogen) atoms. The third kappa shape index (κ3) is 3.44. The number of allylic oxidation sites excluding steroid dienone is 3. The van der Waals surface area contributed by atoms with Crippen molar-refractivity contribution in [1.82, 2.24) is 15.6 Å². The zero-order valence-corrected chi connectivity index (χ0v) is 22.5. The Morgan fingerprint density at radius 1 is 0.780 bits per heavy atom. The second-order valence-corrected chi connectivity index (χ2v) is 11.6. The van der Waals surface area contributed by atoms with Crippen molar-refractivity contribution in [2.24, 2.45) is 36.8 Å². The van der Waals surface area contributed by atoms with Gasteiger partial charge in [-0.3, -0.25) is 10.6 Å². The van der Waals surface area contributed by atoms with E-state index in [9.17, 15) is 0 Å². The van der Waals surface area contributed by atoms with E-state index in [-0.39, 0.29) is 24.2 Å². The lowest BCUT2D eigenvalue weighted by molar-refractivity contribution is 0.245. The van der Waals surface area contributed by atoms with Gasteiger partial charge >= 0.3 is 0 Å². The summed E-state index contributed by atoms with van der Waals surface area (Å²) in [7, 11) is 0. The SMILES string of the molecule is CC12NC3N=C(/N=c4\[nH]/c(c5ccccc45)=N\C4=NC(=N\C(N1)C1C=CC=CC12)/c1ccccc14)C1=C3C=CCC1. The van der Waals surface area contributed by atoms with Gasteiger partial charge in [0.15, 0.2) is 17.5 Å². The molecule has 200 valence electrons. The number of aromatic amines is 1. The van der Waals surface area contributed by atoms with Gasteiger partial charge in [-0.2, -0.15) is 0 Å². The molecule has 6 aliphatic rings. The van der Waals surface area contributed by atoms with Crippen molar-refractivity contribution in [3.05, 3.63) is 118 Å². The quantitative estimate of drug-likeness (QED) is 0.409. The second-order valence-electron chi connectivity index (χ2n) is 11.6. The number of aliphatic imine (C=N–C) groups is 3. The first-order valence-electron chi connectivity index (χ1n) is 14.3. The van der Waals surface area contributed by atoms with Crippen LogP contribution in [0.1, 0.15) is 30.9 Å². The Labute approximate surface area is 236 Å². The van der Waals surface area contributed by atoms with Crippen LogP contribution in [0.2, 0.25) is 0 Å². The molecule has 0 spiro atoms. The number of aromatic nitrogens is 1. The van der Waals surface area contributed by atoms with Gasteiger partial charge in [-0.15, -0.1) is 0 Å². The van der Waals surface area contributed by atoms with Crippen LogP contribution in [-0.2, 0) is 0 Å². The lowest BCUT2D eigenvalue weighted by Gasteiger charge is -2.35. The van der Waals surface area contributed by atoms with E-state index in [0.29, 0.717) is 11.7 Å². The van der Waals surface area contributed by atoms with Crippen molar-refractivity contribution in [3.8, 4) is 0 Å². The van der Waals surface area contributed by atoms with Crippen LogP contribution in [0, 0.1) is 11.8 Å². The Balaban J connectivity index is 1.33. The molecule has 2 aliphatic carbocycles. The molecule has 0 saturated carbocycles. The smallest absolute Gasteiger partial charge is 0.164 e. The maximum atomic E-state index is 5.26. The molecule has 3 N–H and O–H groups in total. The lowest BCUT2D eigenvalue weighted by atomic mass is 9.82. The summed E-state index contributed by atoms with van der Waals surface area (Å²) >= 11 is 0. The van der Waals surface area contributed by atoms with Gasteiger partial charge in [-0.05, 0) is 25.3 Å². The number of hydrogen-bond donors (Lipinski definition) is 3. The average Bonchev–Trinajstić information content (AvgIpc) is 3.71. The van der Waals surface area contributed by atoms with Gasteiger partial charge in [0.2, 0.25) is 0 Å². The zero-order valence-electron chi connectivity index (χ0n) is 22.5. The molecule has 1 fully saturated rings. The summed E-state index contributed by atoms with van der Waals surface area (Å²) in [5.41, 5.74) is 5.43. The molecule has 2 aromatic carbocycles. The van der Waals surface area contributed by atoms with Crippen LogP contribution < -0.4 is 21.6 Å². The fourth-order valence-electron chi connectivity index (χ4n) is 7.14. The van der Waals surface area contributed by atoms with Crippen molar-refractivity contribution in [2.75, 3.05) is 0 Å². The molecule has 8 bridgehead atoms. The van der Waals surface area contributed by atoms with Crippen molar-refractivity contribution < 1.29 is 0 Å².